The molecular formula is C27H29N3O6S3. The Kier molecular flexibility index (Phi) is 8.98. The van der Waals surface area contributed by atoms with Gasteiger partial charge >= 0.3 is 12.1 Å². The zero-order valence-corrected chi connectivity index (χ0v) is 24.4. The highest BCUT2D eigenvalue weighted by Gasteiger charge is 2.32. The highest BCUT2D eigenvalue weighted by atomic mass is 32.2. The molecule has 1 aliphatic rings. The lowest BCUT2D eigenvalue weighted by atomic mass is 10.0. The maximum absolute atomic E-state index is 12.9. The smallest absolute Gasteiger partial charge is 0.410 e. The number of ether oxygens (including phenoxy) is 2. The van der Waals surface area contributed by atoms with Gasteiger partial charge in [-0.2, -0.15) is 0 Å². The van der Waals surface area contributed by atoms with Crippen LogP contribution in [0.1, 0.15) is 51.2 Å². The minimum absolute atomic E-state index is 0.0928. The molecule has 39 heavy (non-hydrogen) atoms. The van der Waals surface area contributed by atoms with Crippen molar-refractivity contribution in [1.82, 2.24) is 4.90 Å². The fourth-order valence-corrected chi connectivity index (χ4v) is 6.51. The van der Waals surface area contributed by atoms with Crippen LogP contribution in [0.25, 0.3) is 0 Å². The van der Waals surface area contributed by atoms with Crippen molar-refractivity contribution in [3.05, 3.63) is 62.7 Å². The van der Waals surface area contributed by atoms with E-state index in [9.17, 15) is 19.2 Å². The first-order chi connectivity index (χ1) is 18.5. The van der Waals surface area contributed by atoms with E-state index in [0.29, 0.717) is 34.1 Å². The standard InChI is InChI=1S/C27H29N3O6S3/c1-27(2,3)36-26(34)30-11-10-18-20(14-30)39-24(22(18)25(33)35-4)29-21(31)15-38-17-8-5-7-16(13-17)28-23(32)19-9-6-12-37-19/h5-9,12-13H,10-11,14-15H2,1-4H3,(H,28,32)(H,29,31). The Morgan fingerprint density at radius 3 is 2.59 bits per heavy atom. The van der Waals surface area contributed by atoms with Gasteiger partial charge in [0.1, 0.15) is 10.6 Å². The fourth-order valence-electron chi connectivity index (χ4n) is 3.87. The molecule has 0 aliphatic carbocycles. The maximum atomic E-state index is 12.9. The van der Waals surface area contributed by atoms with Crippen molar-refractivity contribution in [2.75, 3.05) is 30.0 Å². The van der Waals surface area contributed by atoms with Gasteiger partial charge in [0.05, 0.1) is 29.8 Å². The zero-order chi connectivity index (χ0) is 28.2. The highest BCUT2D eigenvalue weighted by molar-refractivity contribution is 8.00. The van der Waals surface area contributed by atoms with Crippen molar-refractivity contribution in [3.8, 4) is 0 Å². The van der Waals surface area contributed by atoms with Crippen LogP contribution in [0.5, 0.6) is 0 Å². The molecule has 0 radical (unpaired) electrons. The first kappa shape index (κ1) is 28.7. The molecule has 9 nitrogen and oxygen atoms in total. The minimum atomic E-state index is -0.615. The van der Waals surface area contributed by atoms with E-state index in [2.05, 4.69) is 10.6 Å². The number of esters is 1. The van der Waals surface area contributed by atoms with Gasteiger partial charge < -0.3 is 25.0 Å². The van der Waals surface area contributed by atoms with Gasteiger partial charge in [-0.3, -0.25) is 9.59 Å². The van der Waals surface area contributed by atoms with Gasteiger partial charge in [-0.1, -0.05) is 12.1 Å². The van der Waals surface area contributed by atoms with E-state index in [-0.39, 0.29) is 24.1 Å². The van der Waals surface area contributed by atoms with E-state index in [1.54, 1.807) is 23.1 Å². The number of anilines is 2. The van der Waals surface area contributed by atoms with Crippen molar-refractivity contribution in [2.24, 2.45) is 0 Å². The molecule has 0 bridgehead atoms. The molecule has 0 saturated carbocycles. The third-order valence-corrected chi connectivity index (χ3v) is 8.55. The highest BCUT2D eigenvalue weighted by Crippen LogP contribution is 2.38. The van der Waals surface area contributed by atoms with Gasteiger partial charge in [-0.05, 0) is 62.4 Å². The molecule has 0 atom stereocenters. The van der Waals surface area contributed by atoms with Crippen molar-refractivity contribution < 1.29 is 28.7 Å². The number of nitrogens with zero attached hydrogens (tertiary/aromatic N) is 1. The molecule has 3 aromatic rings. The first-order valence-electron chi connectivity index (χ1n) is 12.1. The number of amides is 3. The lowest BCUT2D eigenvalue weighted by Gasteiger charge is -2.30. The maximum Gasteiger partial charge on any atom is 0.410 e. The summed E-state index contributed by atoms with van der Waals surface area (Å²) in [5, 5.41) is 7.96. The average molecular weight is 588 g/mol. The Hall–Kier alpha value is -3.35. The normalized spacial score (nSPS) is 12.9. The molecule has 3 heterocycles. The van der Waals surface area contributed by atoms with Crippen LogP contribution in [0.2, 0.25) is 0 Å². The largest absolute Gasteiger partial charge is 0.465 e. The topological polar surface area (TPSA) is 114 Å². The number of carbonyl (C=O) groups is 4. The predicted octanol–water partition coefficient (Wildman–Crippen LogP) is 5.87. The third kappa shape index (κ3) is 7.40. The van der Waals surface area contributed by atoms with Crippen LogP contribution in [0.15, 0.2) is 46.7 Å². The fraction of sp³-hybridized carbons (Fsp3) is 0.333. The summed E-state index contributed by atoms with van der Waals surface area (Å²) in [6.07, 6.45) is 0.0290. The van der Waals surface area contributed by atoms with E-state index >= 15 is 0 Å². The number of methoxy groups -OCH3 is 1. The van der Waals surface area contributed by atoms with Crippen molar-refractivity contribution in [3.63, 3.8) is 0 Å². The summed E-state index contributed by atoms with van der Waals surface area (Å²) in [7, 11) is 1.30. The van der Waals surface area contributed by atoms with Gasteiger partial charge in [0, 0.05) is 22.0 Å². The Labute approximate surface area is 238 Å². The van der Waals surface area contributed by atoms with Crippen LogP contribution < -0.4 is 10.6 Å². The number of hydrogen-bond acceptors (Lipinski definition) is 9. The zero-order valence-electron chi connectivity index (χ0n) is 22.0. The Balaban J connectivity index is 1.41. The van der Waals surface area contributed by atoms with Crippen LogP contribution in [0.3, 0.4) is 0 Å². The number of thiophene rings is 2. The molecule has 12 heteroatoms. The quantitative estimate of drug-likeness (QED) is 0.262. The summed E-state index contributed by atoms with van der Waals surface area (Å²) < 4.78 is 10.5. The van der Waals surface area contributed by atoms with Gasteiger partial charge in [0.2, 0.25) is 5.91 Å². The summed E-state index contributed by atoms with van der Waals surface area (Å²) in [5.41, 5.74) is 1.13. The molecule has 0 saturated heterocycles. The van der Waals surface area contributed by atoms with E-state index in [1.165, 1.54) is 41.5 Å². The molecule has 2 aromatic heterocycles. The van der Waals surface area contributed by atoms with Crippen LogP contribution in [-0.2, 0) is 27.2 Å². The number of rotatable bonds is 7. The number of thioether (sulfide) groups is 1. The van der Waals surface area contributed by atoms with E-state index in [0.717, 1.165) is 15.3 Å². The van der Waals surface area contributed by atoms with Crippen LogP contribution in [-0.4, -0.2) is 53.8 Å². The van der Waals surface area contributed by atoms with Crippen molar-refractivity contribution in [1.29, 1.82) is 0 Å². The molecule has 0 fully saturated rings. The Morgan fingerprint density at radius 1 is 1.10 bits per heavy atom. The van der Waals surface area contributed by atoms with Crippen molar-refractivity contribution in [2.45, 2.75) is 44.2 Å². The summed E-state index contributed by atoms with van der Waals surface area (Å²) >= 11 is 3.93. The number of benzene rings is 1. The first-order valence-corrected chi connectivity index (χ1v) is 14.8. The minimum Gasteiger partial charge on any atom is -0.465 e. The van der Waals surface area contributed by atoms with Crippen LogP contribution >= 0.6 is 34.4 Å². The predicted molar refractivity (Wildman–Crippen MR) is 154 cm³/mol. The van der Waals surface area contributed by atoms with Crippen LogP contribution in [0, 0.1) is 0 Å². The average Bonchev–Trinajstić information content (AvgIpc) is 3.54. The number of nitrogens with one attached hydrogen (secondary N) is 2. The SMILES string of the molecule is COC(=O)c1c(NC(=O)CSc2cccc(NC(=O)c3cccs3)c2)sc2c1CCN(C(=O)OC(C)(C)C)C2. The molecular weight excluding hydrogens is 559 g/mol. The number of carbonyl (C=O) groups excluding carboxylic acids is 4. The van der Waals surface area contributed by atoms with Crippen molar-refractivity contribution >= 4 is 69.0 Å². The second kappa shape index (κ2) is 12.2. The number of fused-ring (bicyclic) bond motifs is 1. The lowest BCUT2D eigenvalue weighted by Crippen LogP contribution is -2.39. The van der Waals surface area contributed by atoms with E-state index in [1.807, 2.05) is 44.4 Å². The molecule has 4 rings (SSSR count). The molecule has 3 amide bonds. The molecule has 206 valence electrons. The summed E-state index contributed by atoms with van der Waals surface area (Å²) in [6.45, 7) is 6.11. The molecule has 1 aromatic carbocycles. The molecule has 0 spiro atoms. The molecule has 2 N–H and O–H groups in total. The summed E-state index contributed by atoms with van der Waals surface area (Å²) in [5.74, 6) is -0.918. The monoisotopic (exact) mass is 587 g/mol. The van der Waals surface area contributed by atoms with Gasteiger partial charge in [-0.15, -0.1) is 34.4 Å². The second-order valence-electron chi connectivity index (χ2n) is 9.65. The van der Waals surface area contributed by atoms with Gasteiger partial charge in [-0.25, -0.2) is 9.59 Å². The Morgan fingerprint density at radius 2 is 1.90 bits per heavy atom. The summed E-state index contributed by atoms with van der Waals surface area (Å²) in [4.78, 5) is 54.2. The lowest BCUT2D eigenvalue weighted by molar-refractivity contribution is -0.113. The molecule has 0 unspecified atom stereocenters. The molecule has 1 aliphatic heterocycles. The van der Waals surface area contributed by atoms with E-state index < -0.39 is 17.7 Å². The second-order valence-corrected chi connectivity index (χ2v) is 12.7. The van der Waals surface area contributed by atoms with Crippen LogP contribution in [0.4, 0.5) is 15.5 Å². The Bertz CT molecular complexity index is 1380. The third-order valence-electron chi connectivity index (χ3n) is 5.56. The number of hydrogen-bond donors (Lipinski definition) is 2. The summed E-state index contributed by atoms with van der Waals surface area (Å²) in [6, 6.07) is 10.8. The van der Waals surface area contributed by atoms with E-state index in [4.69, 9.17) is 9.47 Å². The van der Waals surface area contributed by atoms with Gasteiger partial charge in [0.25, 0.3) is 5.91 Å². The van der Waals surface area contributed by atoms with Gasteiger partial charge in [0.15, 0.2) is 0 Å².